The van der Waals surface area contributed by atoms with Crippen LogP contribution in [0, 0.1) is 0 Å². The van der Waals surface area contributed by atoms with Crippen molar-refractivity contribution in [2.45, 2.75) is 12.6 Å². The number of ether oxygens (including phenoxy) is 1. The standard InChI is InChI=1S/C11H17BrN4OS/c1-16-3-4-18-6-8(16)11-14-7(5-17-2)9(12)10(13)15-11/h8H,3-6H2,1-2H3,(H2,13,14,15). The predicted octanol–water partition coefficient (Wildman–Crippen LogP) is 1.69. The van der Waals surface area contributed by atoms with Crippen LogP contribution in [0.1, 0.15) is 17.6 Å². The molecule has 1 aliphatic heterocycles. The highest BCUT2D eigenvalue weighted by Crippen LogP contribution is 2.29. The van der Waals surface area contributed by atoms with Gasteiger partial charge in [0.1, 0.15) is 11.6 Å². The molecule has 1 atom stereocenters. The van der Waals surface area contributed by atoms with E-state index in [4.69, 9.17) is 10.5 Å². The number of thioether (sulfide) groups is 1. The first-order valence-corrected chi connectivity index (χ1v) is 7.67. The Balaban J connectivity index is 2.32. The Labute approximate surface area is 120 Å². The fourth-order valence-corrected chi connectivity index (χ4v) is 3.37. The summed E-state index contributed by atoms with van der Waals surface area (Å²) in [6, 6.07) is 0.231. The van der Waals surface area contributed by atoms with Gasteiger partial charge in [0.05, 0.1) is 22.8 Å². The Kier molecular flexibility index (Phi) is 4.83. The van der Waals surface area contributed by atoms with E-state index in [9.17, 15) is 0 Å². The number of rotatable bonds is 3. The fraction of sp³-hybridized carbons (Fsp3) is 0.636. The van der Waals surface area contributed by atoms with Gasteiger partial charge in [0.15, 0.2) is 0 Å². The molecule has 1 aromatic heterocycles. The molecule has 0 amide bonds. The van der Waals surface area contributed by atoms with Crippen LogP contribution in [0.25, 0.3) is 0 Å². The van der Waals surface area contributed by atoms with Crippen LogP contribution in [0.2, 0.25) is 0 Å². The zero-order valence-electron chi connectivity index (χ0n) is 10.5. The Morgan fingerprint density at radius 2 is 2.33 bits per heavy atom. The maximum Gasteiger partial charge on any atom is 0.149 e. The number of anilines is 1. The number of nitrogens with two attached hydrogens (primary N) is 1. The Morgan fingerprint density at radius 3 is 3.00 bits per heavy atom. The third-order valence-corrected chi connectivity index (χ3v) is 4.82. The normalized spacial score (nSPS) is 21.2. The molecule has 1 unspecified atom stereocenters. The van der Waals surface area contributed by atoms with Gasteiger partial charge in [0.2, 0.25) is 0 Å². The SMILES string of the molecule is COCc1nc(C2CSCCN2C)nc(N)c1Br. The molecule has 1 aliphatic rings. The van der Waals surface area contributed by atoms with E-state index in [1.807, 2.05) is 11.8 Å². The lowest BCUT2D eigenvalue weighted by Gasteiger charge is -2.31. The van der Waals surface area contributed by atoms with E-state index in [2.05, 4.69) is 37.8 Å². The lowest BCUT2D eigenvalue weighted by molar-refractivity contribution is 0.179. The van der Waals surface area contributed by atoms with E-state index < -0.39 is 0 Å². The van der Waals surface area contributed by atoms with Crippen LogP contribution in [0.4, 0.5) is 5.82 Å². The maximum atomic E-state index is 5.92. The highest BCUT2D eigenvalue weighted by molar-refractivity contribution is 9.10. The van der Waals surface area contributed by atoms with Gasteiger partial charge in [-0.3, -0.25) is 4.90 Å². The molecule has 7 heteroatoms. The third kappa shape index (κ3) is 2.96. The predicted molar refractivity (Wildman–Crippen MR) is 77.6 cm³/mol. The maximum absolute atomic E-state index is 5.92. The van der Waals surface area contributed by atoms with Gasteiger partial charge in [-0.05, 0) is 23.0 Å². The van der Waals surface area contributed by atoms with Crippen molar-refractivity contribution in [3.8, 4) is 0 Å². The lowest BCUT2D eigenvalue weighted by atomic mass is 10.2. The van der Waals surface area contributed by atoms with Gasteiger partial charge in [-0.25, -0.2) is 9.97 Å². The number of aromatic nitrogens is 2. The molecule has 0 spiro atoms. The molecule has 2 rings (SSSR count). The molecule has 5 nitrogen and oxygen atoms in total. The van der Waals surface area contributed by atoms with Crippen LogP contribution in [-0.4, -0.2) is 47.1 Å². The van der Waals surface area contributed by atoms with Crippen molar-refractivity contribution in [3.05, 3.63) is 16.0 Å². The molecule has 0 aromatic carbocycles. The van der Waals surface area contributed by atoms with E-state index in [0.717, 1.165) is 34.0 Å². The minimum absolute atomic E-state index is 0.231. The second kappa shape index (κ2) is 6.18. The summed E-state index contributed by atoms with van der Waals surface area (Å²) in [7, 11) is 3.75. The van der Waals surface area contributed by atoms with Crippen LogP contribution in [0.5, 0.6) is 0 Å². The number of methoxy groups -OCH3 is 1. The fourth-order valence-electron chi connectivity index (χ4n) is 1.87. The van der Waals surface area contributed by atoms with Crippen LogP contribution in [0.3, 0.4) is 0 Å². The van der Waals surface area contributed by atoms with E-state index in [1.54, 1.807) is 7.11 Å². The highest BCUT2D eigenvalue weighted by Gasteiger charge is 2.25. The first kappa shape index (κ1) is 14.0. The van der Waals surface area contributed by atoms with Crippen molar-refractivity contribution in [2.24, 2.45) is 0 Å². The third-order valence-electron chi connectivity index (χ3n) is 2.94. The lowest BCUT2D eigenvalue weighted by Crippen LogP contribution is -2.34. The van der Waals surface area contributed by atoms with Crippen molar-refractivity contribution >= 4 is 33.5 Å². The molecule has 0 aliphatic carbocycles. The molecule has 2 N–H and O–H groups in total. The minimum atomic E-state index is 0.231. The molecule has 100 valence electrons. The van der Waals surface area contributed by atoms with Crippen molar-refractivity contribution in [2.75, 3.05) is 37.9 Å². The largest absolute Gasteiger partial charge is 0.383 e. The molecular formula is C11H17BrN4OS. The van der Waals surface area contributed by atoms with Crippen LogP contribution in [-0.2, 0) is 11.3 Å². The first-order chi connectivity index (χ1) is 8.63. The van der Waals surface area contributed by atoms with Crippen molar-refractivity contribution in [3.63, 3.8) is 0 Å². The molecule has 2 heterocycles. The van der Waals surface area contributed by atoms with Gasteiger partial charge in [-0.1, -0.05) is 0 Å². The van der Waals surface area contributed by atoms with Gasteiger partial charge < -0.3 is 10.5 Å². The zero-order chi connectivity index (χ0) is 13.1. The van der Waals surface area contributed by atoms with Crippen LogP contribution in [0.15, 0.2) is 4.47 Å². The summed E-state index contributed by atoms with van der Waals surface area (Å²) in [5, 5.41) is 0. The highest BCUT2D eigenvalue weighted by atomic mass is 79.9. The summed E-state index contributed by atoms with van der Waals surface area (Å²) in [4.78, 5) is 11.3. The zero-order valence-corrected chi connectivity index (χ0v) is 12.9. The van der Waals surface area contributed by atoms with Crippen molar-refractivity contribution in [1.29, 1.82) is 0 Å². The van der Waals surface area contributed by atoms with Crippen molar-refractivity contribution in [1.82, 2.24) is 14.9 Å². The molecule has 1 aromatic rings. The molecular weight excluding hydrogens is 316 g/mol. The average molecular weight is 333 g/mol. The first-order valence-electron chi connectivity index (χ1n) is 5.72. The number of nitrogen functional groups attached to an aromatic ring is 1. The second-order valence-electron chi connectivity index (χ2n) is 4.23. The average Bonchev–Trinajstić information content (AvgIpc) is 2.35. The monoisotopic (exact) mass is 332 g/mol. The van der Waals surface area contributed by atoms with Gasteiger partial charge in [0.25, 0.3) is 0 Å². The summed E-state index contributed by atoms with van der Waals surface area (Å²) < 4.78 is 5.87. The van der Waals surface area contributed by atoms with Gasteiger partial charge in [0, 0.05) is 25.2 Å². The summed E-state index contributed by atoms with van der Waals surface area (Å²) in [5.74, 6) is 3.43. The number of halogens is 1. The Hall–Kier alpha value is -0.370. The summed E-state index contributed by atoms with van der Waals surface area (Å²) in [6.45, 7) is 1.48. The van der Waals surface area contributed by atoms with E-state index in [-0.39, 0.29) is 6.04 Å². The summed E-state index contributed by atoms with van der Waals surface area (Å²) in [6.07, 6.45) is 0. The van der Waals surface area contributed by atoms with E-state index >= 15 is 0 Å². The second-order valence-corrected chi connectivity index (χ2v) is 6.17. The minimum Gasteiger partial charge on any atom is -0.383 e. The number of nitrogens with zero attached hydrogens (tertiary/aromatic N) is 3. The molecule has 1 fully saturated rings. The molecule has 0 saturated carbocycles. The topological polar surface area (TPSA) is 64.3 Å². The van der Waals surface area contributed by atoms with E-state index in [0.29, 0.717) is 12.4 Å². The number of hydrogen-bond donors (Lipinski definition) is 1. The van der Waals surface area contributed by atoms with Crippen LogP contribution < -0.4 is 5.73 Å². The quantitative estimate of drug-likeness (QED) is 0.908. The molecule has 0 bridgehead atoms. The smallest absolute Gasteiger partial charge is 0.149 e. The molecule has 1 saturated heterocycles. The summed E-state index contributed by atoms with van der Waals surface area (Å²) >= 11 is 5.33. The Morgan fingerprint density at radius 1 is 1.56 bits per heavy atom. The van der Waals surface area contributed by atoms with Crippen molar-refractivity contribution < 1.29 is 4.74 Å². The van der Waals surface area contributed by atoms with Gasteiger partial charge >= 0.3 is 0 Å². The molecule has 18 heavy (non-hydrogen) atoms. The van der Waals surface area contributed by atoms with Gasteiger partial charge in [-0.15, -0.1) is 0 Å². The Bertz CT molecular complexity index is 432. The van der Waals surface area contributed by atoms with E-state index in [1.165, 1.54) is 0 Å². The summed E-state index contributed by atoms with van der Waals surface area (Å²) in [5.41, 5.74) is 6.73. The van der Waals surface area contributed by atoms with Gasteiger partial charge in [-0.2, -0.15) is 11.8 Å². The molecule has 0 radical (unpaired) electrons. The number of hydrogen-bond acceptors (Lipinski definition) is 6. The van der Waals surface area contributed by atoms with Crippen LogP contribution >= 0.6 is 27.7 Å².